The van der Waals surface area contributed by atoms with Crippen molar-refractivity contribution in [3.8, 4) is 0 Å². The Morgan fingerprint density at radius 1 is 1.37 bits per heavy atom. The largest absolute Gasteiger partial charge is 0.386 e. The van der Waals surface area contributed by atoms with Crippen molar-refractivity contribution >= 4 is 5.91 Å². The van der Waals surface area contributed by atoms with Crippen molar-refractivity contribution in [2.45, 2.75) is 31.7 Å². The molecule has 19 heavy (non-hydrogen) atoms. The normalized spacial score (nSPS) is 30.2. The van der Waals surface area contributed by atoms with Crippen molar-refractivity contribution in [2.24, 2.45) is 0 Å². The maximum absolute atomic E-state index is 12.1. The Kier molecular flexibility index (Phi) is 3.12. The SMILES string of the molecule is CC1=CCO[C@H]2C(=O)N(Cc3ccccc3)[C@H]2[C@@H]1O. The topological polar surface area (TPSA) is 49.8 Å². The summed E-state index contributed by atoms with van der Waals surface area (Å²) in [6.07, 6.45) is 0.720. The summed E-state index contributed by atoms with van der Waals surface area (Å²) in [6, 6.07) is 9.54. The molecule has 1 fully saturated rings. The molecule has 0 saturated carbocycles. The highest BCUT2D eigenvalue weighted by Gasteiger charge is 2.52. The zero-order chi connectivity index (χ0) is 13.4. The summed E-state index contributed by atoms with van der Waals surface area (Å²) >= 11 is 0. The average molecular weight is 259 g/mol. The first-order chi connectivity index (χ1) is 9.18. The minimum atomic E-state index is -0.631. The summed E-state index contributed by atoms with van der Waals surface area (Å²) in [5.41, 5.74) is 1.94. The molecular formula is C15H17NO3. The minimum absolute atomic E-state index is 0.0315. The van der Waals surface area contributed by atoms with Crippen molar-refractivity contribution in [3.63, 3.8) is 0 Å². The molecule has 0 radical (unpaired) electrons. The highest BCUT2D eigenvalue weighted by Crippen LogP contribution is 2.32. The van der Waals surface area contributed by atoms with Gasteiger partial charge >= 0.3 is 0 Å². The summed E-state index contributed by atoms with van der Waals surface area (Å²) in [5.74, 6) is -0.0315. The van der Waals surface area contributed by atoms with Crippen LogP contribution in [-0.2, 0) is 16.1 Å². The molecule has 0 aliphatic carbocycles. The molecule has 0 unspecified atom stereocenters. The summed E-state index contributed by atoms with van der Waals surface area (Å²) in [4.78, 5) is 13.8. The number of hydrogen-bond donors (Lipinski definition) is 1. The fourth-order valence-corrected chi connectivity index (χ4v) is 2.68. The molecule has 4 nitrogen and oxygen atoms in total. The first-order valence-corrected chi connectivity index (χ1v) is 6.49. The molecule has 100 valence electrons. The number of likely N-dealkylation sites (tertiary alicyclic amines) is 1. The van der Waals surface area contributed by atoms with Crippen LogP contribution in [0.5, 0.6) is 0 Å². The molecule has 0 aromatic heterocycles. The summed E-state index contributed by atoms with van der Waals surface area (Å²) < 4.78 is 5.50. The molecule has 1 amide bonds. The predicted molar refractivity (Wildman–Crippen MR) is 70.3 cm³/mol. The van der Waals surface area contributed by atoms with Crippen LogP contribution in [-0.4, -0.2) is 40.8 Å². The summed E-state index contributed by atoms with van der Waals surface area (Å²) in [5, 5.41) is 10.3. The maximum Gasteiger partial charge on any atom is 0.254 e. The molecule has 2 heterocycles. The zero-order valence-corrected chi connectivity index (χ0v) is 10.8. The van der Waals surface area contributed by atoms with E-state index in [4.69, 9.17) is 4.74 Å². The number of aliphatic hydroxyl groups excluding tert-OH is 1. The molecule has 1 saturated heterocycles. The van der Waals surface area contributed by atoms with Gasteiger partial charge in [-0.1, -0.05) is 36.4 Å². The van der Waals surface area contributed by atoms with E-state index in [1.807, 2.05) is 43.3 Å². The van der Waals surface area contributed by atoms with Gasteiger partial charge in [0, 0.05) is 6.54 Å². The number of fused-ring (bicyclic) bond motifs is 1. The van der Waals surface area contributed by atoms with Gasteiger partial charge in [-0.2, -0.15) is 0 Å². The third kappa shape index (κ3) is 2.07. The molecule has 2 aliphatic rings. The van der Waals surface area contributed by atoms with Gasteiger partial charge < -0.3 is 14.7 Å². The van der Waals surface area contributed by atoms with Crippen LogP contribution < -0.4 is 0 Å². The van der Waals surface area contributed by atoms with Crippen LogP contribution in [0.4, 0.5) is 0 Å². The number of carbonyl (C=O) groups excluding carboxylic acids is 1. The van der Waals surface area contributed by atoms with Gasteiger partial charge in [0.15, 0.2) is 6.10 Å². The van der Waals surface area contributed by atoms with Crippen LogP contribution >= 0.6 is 0 Å². The first kappa shape index (κ1) is 12.4. The van der Waals surface area contributed by atoms with E-state index in [2.05, 4.69) is 0 Å². The number of benzene rings is 1. The Morgan fingerprint density at radius 2 is 2.11 bits per heavy atom. The number of rotatable bonds is 2. The second kappa shape index (κ2) is 4.79. The van der Waals surface area contributed by atoms with E-state index >= 15 is 0 Å². The quantitative estimate of drug-likeness (QED) is 0.639. The number of nitrogens with zero attached hydrogens (tertiary/aromatic N) is 1. The van der Waals surface area contributed by atoms with Crippen molar-refractivity contribution in [1.29, 1.82) is 0 Å². The zero-order valence-electron chi connectivity index (χ0n) is 10.8. The van der Waals surface area contributed by atoms with Crippen LogP contribution in [0.2, 0.25) is 0 Å². The van der Waals surface area contributed by atoms with Crippen LogP contribution in [0.15, 0.2) is 42.0 Å². The van der Waals surface area contributed by atoms with Gasteiger partial charge in [-0.05, 0) is 18.1 Å². The predicted octanol–water partition coefficient (Wildman–Crippen LogP) is 1.10. The van der Waals surface area contributed by atoms with Gasteiger partial charge in [-0.3, -0.25) is 4.79 Å². The van der Waals surface area contributed by atoms with Crippen molar-refractivity contribution in [3.05, 3.63) is 47.5 Å². The van der Waals surface area contributed by atoms with Crippen LogP contribution in [0, 0.1) is 0 Å². The monoisotopic (exact) mass is 259 g/mol. The lowest BCUT2D eigenvalue weighted by atomic mass is 9.89. The fourth-order valence-electron chi connectivity index (χ4n) is 2.68. The van der Waals surface area contributed by atoms with Crippen molar-refractivity contribution in [2.75, 3.05) is 6.61 Å². The Balaban J connectivity index is 1.79. The lowest BCUT2D eigenvalue weighted by molar-refractivity contribution is -0.180. The Hall–Kier alpha value is -1.65. The third-order valence-electron chi connectivity index (χ3n) is 3.86. The molecular weight excluding hydrogens is 242 g/mol. The molecule has 1 N–H and O–H groups in total. The number of amides is 1. The van der Waals surface area contributed by atoms with Crippen molar-refractivity contribution in [1.82, 2.24) is 4.90 Å². The van der Waals surface area contributed by atoms with E-state index in [-0.39, 0.29) is 11.9 Å². The first-order valence-electron chi connectivity index (χ1n) is 6.49. The Morgan fingerprint density at radius 3 is 2.84 bits per heavy atom. The molecule has 1 aromatic rings. The Labute approximate surface area is 112 Å². The van der Waals surface area contributed by atoms with E-state index < -0.39 is 12.2 Å². The lowest BCUT2D eigenvalue weighted by Gasteiger charge is -2.47. The van der Waals surface area contributed by atoms with Gasteiger partial charge in [0.05, 0.1) is 18.8 Å². The highest BCUT2D eigenvalue weighted by molar-refractivity contribution is 5.89. The Bertz CT molecular complexity index is 511. The molecule has 0 bridgehead atoms. The van der Waals surface area contributed by atoms with Gasteiger partial charge in [-0.15, -0.1) is 0 Å². The van der Waals surface area contributed by atoms with Gasteiger partial charge in [0.25, 0.3) is 5.91 Å². The highest BCUT2D eigenvalue weighted by atomic mass is 16.5. The van der Waals surface area contributed by atoms with E-state index in [0.29, 0.717) is 13.2 Å². The van der Waals surface area contributed by atoms with Crippen molar-refractivity contribution < 1.29 is 14.6 Å². The average Bonchev–Trinajstić information content (AvgIpc) is 2.56. The van der Waals surface area contributed by atoms with Crippen LogP contribution in [0.1, 0.15) is 12.5 Å². The molecule has 2 aliphatic heterocycles. The molecule has 4 heteroatoms. The number of β-lactam (4-membered cyclic amide) rings is 1. The molecule has 1 aromatic carbocycles. The third-order valence-corrected chi connectivity index (χ3v) is 3.86. The van der Waals surface area contributed by atoms with Crippen LogP contribution in [0.25, 0.3) is 0 Å². The fraction of sp³-hybridized carbons (Fsp3) is 0.400. The van der Waals surface area contributed by atoms with E-state index in [0.717, 1.165) is 11.1 Å². The van der Waals surface area contributed by atoms with E-state index in [1.54, 1.807) is 4.90 Å². The number of ether oxygens (including phenoxy) is 1. The van der Waals surface area contributed by atoms with E-state index in [1.165, 1.54) is 0 Å². The lowest BCUT2D eigenvalue weighted by Crippen LogP contribution is -2.68. The van der Waals surface area contributed by atoms with Gasteiger partial charge in [0.2, 0.25) is 0 Å². The minimum Gasteiger partial charge on any atom is -0.386 e. The summed E-state index contributed by atoms with van der Waals surface area (Å²) in [7, 11) is 0. The van der Waals surface area contributed by atoms with Gasteiger partial charge in [-0.25, -0.2) is 0 Å². The number of carbonyl (C=O) groups is 1. The van der Waals surface area contributed by atoms with E-state index in [9.17, 15) is 9.90 Å². The summed E-state index contributed by atoms with van der Waals surface area (Å²) in [6.45, 7) is 2.80. The second-order valence-corrected chi connectivity index (χ2v) is 5.09. The number of hydrogen-bond acceptors (Lipinski definition) is 3. The molecule has 3 rings (SSSR count). The molecule has 0 spiro atoms. The second-order valence-electron chi connectivity index (χ2n) is 5.09. The smallest absolute Gasteiger partial charge is 0.254 e. The van der Waals surface area contributed by atoms with Gasteiger partial charge in [0.1, 0.15) is 0 Å². The standard InChI is InChI=1S/C15H17NO3/c1-10-7-8-19-14-12(13(10)17)16(15(14)18)9-11-5-3-2-4-6-11/h2-7,12-14,17H,8-9H2,1H3/t12-,13+,14+/m0/s1. The number of aliphatic hydroxyl groups is 1. The van der Waals surface area contributed by atoms with Crippen LogP contribution in [0.3, 0.4) is 0 Å². The molecule has 3 atom stereocenters. The maximum atomic E-state index is 12.1.